The van der Waals surface area contributed by atoms with Crippen molar-refractivity contribution in [2.45, 2.75) is 25.8 Å². The van der Waals surface area contributed by atoms with E-state index in [1.807, 2.05) is 24.3 Å². The number of amides is 1. The van der Waals surface area contributed by atoms with Crippen LogP contribution < -0.4 is 0 Å². The summed E-state index contributed by atoms with van der Waals surface area (Å²) in [7, 11) is 0. The number of rotatable bonds is 3. The van der Waals surface area contributed by atoms with Crippen LogP contribution in [0.1, 0.15) is 39.3 Å². The topological polar surface area (TPSA) is 92.1 Å². The van der Waals surface area contributed by atoms with Crippen LogP contribution in [0.25, 0.3) is 11.0 Å². The molecule has 4 rings (SSSR count). The maximum absolute atomic E-state index is 12.9. The van der Waals surface area contributed by atoms with Gasteiger partial charge >= 0.3 is 0 Å². The molecule has 1 N–H and O–H groups in total. The lowest BCUT2D eigenvalue weighted by Crippen LogP contribution is -2.30. The summed E-state index contributed by atoms with van der Waals surface area (Å²) in [5.41, 5.74) is 1.83. The van der Waals surface area contributed by atoms with Gasteiger partial charge in [-0.1, -0.05) is 12.1 Å². The van der Waals surface area contributed by atoms with Gasteiger partial charge < -0.3 is 9.88 Å². The Bertz CT molecular complexity index is 944. The molecule has 128 valence electrons. The average Bonchev–Trinajstić information content (AvgIpc) is 3.30. The van der Waals surface area contributed by atoms with E-state index in [-0.39, 0.29) is 17.6 Å². The number of nitro groups is 1. The Kier molecular flexibility index (Phi) is 3.76. The number of fused-ring (bicyclic) bond motifs is 1. The van der Waals surface area contributed by atoms with E-state index in [0.29, 0.717) is 16.3 Å². The van der Waals surface area contributed by atoms with Crippen molar-refractivity contribution >= 4 is 34.0 Å². The highest BCUT2D eigenvalue weighted by Crippen LogP contribution is 2.35. The fraction of sp³-hybridized carbons (Fsp3) is 0.294. The number of thiophene rings is 1. The Morgan fingerprint density at radius 3 is 2.96 bits per heavy atom. The van der Waals surface area contributed by atoms with Gasteiger partial charge in [0.1, 0.15) is 5.82 Å². The molecule has 1 aliphatic heterocycles. The first-order chi connectivity index (χ1) is 12.0. The Labute approximate surface area is 147 Å². The summed E-state index contributed by atoms with van der Waals surface area (Å²) in [6.45, 7) is 2.30. The van der Waals surface area contributed by atoms with E-state index in [2.05, 4.69) is 9.97 Å². The second kappa shape index (κ2) is 5.96. The molecule has 0 saturated carbocycles. The highest BCUT2D eigenvalue weighted by atomic mass is 32.1. The normalized spacial score (nSPS) is 17.3. The molecule has 0 spiro atoms. The number of aryl methyl sites for hydroxylation is 1. The van der Waals surface area contributed by atoms with Crippen LogP contribution in [0.3, 0.4) is 0 Å². The van der Waals surface area contributed by atoms with E-state index >= 15 is 0 Å². The van der Waals surface area contributed by atoms with Crippen molar-refractivity contribution in [3.8, 4) is 0 Å². The monoisotopic (exact) mass is 356 g/mol. The van der Waals surface area contributed by atoms with Gasteiger partial charge in [0.15, 0.2) is 0 Å². The number of hydrogen-bond donors (Lipinski definition) is 1. The molecule has 1 saturated heterocycles. The standard InChI is InChI=1S/C17H16N4O3S/c1-10-14(21(23)24)9-15(25-10)17(22)20-8-4-7-13(20)16-18-11-5-2-3-6-12(11)19-16/h2-3,5-6,9,13H,4,7-8H2,1H3,(H,18,19). The molecule has 7 nitrogen and oxygen atoms in total. The number of nitrogens with zero attached hydrogens (tertiary/aromatic N) is 3. The maximum Gasteiger partial charge on any atom is 0.283 e. The third-order valence-electron chi connectivity index (χ3n) is 4.54. The SMILES string of the molecule is Cc1sc(C(=O)N2CCCC2c2nc3ccccc3[nH]2)cc1[N+](=O)[O-]. The molecule has 1 amide bonds. The van der Waals surface area contributed by atoms with Crippen molar-refractivity contribution < 1.29 is 9.72 Å². The molecule has 3 aromatic rings. The lowest BCUT2D eigenvalue weighted by atomic mass is 10.2. The summed E-state index contributed by atoms with van der Waals surface area (Å²) in [5.74, 6) is 0.610. The van der Waals surface area contributed by atoms with Crippen LogP contribution in [-0.4, -0.2) is 32.2 Å². The molecule has 25 heavy (non-hydrogen) atoms. The summed E-state index contributed by atoms with van der Waals surface area (Å²) < 4.78 is 0. The van der Waals surface area contributed by atoms with E-state index in [0.717, 1.165) is 29.7 Å². The number of carbonyl (C=O) groups is 1. The molecule has 1 atom stereocenters. The zero-order valence-electron chi connectivity index (χ0n) is 13.6. The Morgan fingerprint density at radius 2 is 2.24 bits per heavy atom. The van der Waals surface area contributed by atoms with Crippen LogP contribution in [0.15, 0.2) is 30.3 Å². The number of likely N-dealkylation sites (tertiary alicyclic amines) is 1. The Morgan fingerprint density at radius 1 is 1.44 bits per heavy atom. The number of nitrogens with one attached hydrogen (secondary N) is 1. The van der Waals surface area contributed by atoms with Gasteiger partial charge in [0, 0.05) is 12.6 Å². The zero-order chi connectivity index (χ0) is 17.6. The summed E-state index contributed by atoms with van der Waals surface area (Å²) >= 11 is 1.18. The third kappa shape index (κ3) is 2.68. The van der Waals surface area contributed by atoms with Gasteiger partial charge in [-0.15, -0.1) is 11.3 Å². The molecule has 0 aliphatic carbocycles. The maximum atomic E-state index is 12.9. The number of aromatic nitrogens is 2. The van der Waals surface area contributed by atoms with E-state index in [1.165, 1.54) is 17.4 Å². The van der Waals surface area contributed by atoms with Gasteiger partial charge in [-0.05, 0) is 31.9 Å². The van der Waals surface area contributed by atoms with Gasteiger partial charge in [-0.3, -0.25) is 14.9 Å². The largest absolute Gasteiger partial charge is 0.340 e. The average molecular weight is 356 g/mol. The molecule has 1 aromatic carbocycles. The first kappa shape index (κ1) is 15.8. The zero-order valence-corrected chi connectivity index (χ0v) is 14.4. The fourth-order valence-corrected chi connectivity index (χ4v) is 4.27. The molecule has 1 fully saturated rings. The van der Waals surface area contributed by atoms with E-state index < -0.39 is 4.92 Å². The fourth-order valence-electron chi connectivity index (χ4n) is 3.33. The smallest absolute Gasteiger partial charge is 0.283 e. The minimum absolute atomic E-state index is 0.00725. The van der Waals surface area contributed by atoms with Crippen molar-refractivity contribution in [1.29, 1.82) is 0 Å². The molecular weight excluding hydrogens is 340 g/mol. The molecule has 1 aliphatic rings. The summed E-state index contributed by atoms with van der Waals surface area (Å²) in [6.07, 6.45) is 1.72. The van der Waals surface area contributed by atoms with Gasteiger partial charge in [0.25, 0.3) is 11.6 Å². The number of imidazole rings is 1. The van der Waals surface area contributed by atoms with Crippen molar-refractivity contribution in [2.75, 3.05) is 6.54 Å². The predicted molar refractivity (Wildman–Crippen MR) is 94.8 cm³/mol. The molecule has 2 aromatic heterocycles. The number of H-pyrrole nitrogens is 1. The van der Waals surface area contributed by atoms with Crippen LogP contribution in [0.4, 0.5) is 5.69 Å². The molecule has 0 bridgehead atoms. The van der Waals surface area contributed by atoms with Gasteiger partial charge in [-0.25, -0.2) is 4.98 Å². The van der Waals surface area contributed by atoms with Crippen LogP contribution in [0.5, 0.6) is 0 Å². The highest BCUT2D eigenvalue weighted by Gasteiger charge is 2.34. The van der Waals surface area contributed by atoms with E-state index in [9.17, 15) is 14.9 Å². The molecule has 3 heterocycles. The van der Waals surface area contributed by atoms with Crippen LogP contribution >= 0.6 is 11.3 Å². The second-order valence-electron chi connectivity index (χ2n) is 6.10. The van der Waals surface area contributed by atoms with Crippen LogP contribution in [0.2, 0.25) is 0 Å². The number of para-hydroxylation sites is 2. The van der Waals surface area contributed by atoms with Gasteiger partial charge in [0.2, 0.25) is 0 Å². The minimum Gasteiger partial charge on any atom is -0.340 e. The lowest BCUT2D eigenvalue weighted by Gasteiger charge is -2.22. The van der Waals surface area contributed by atoms with Crippen LogP contribution in [0, 0.1) is 17.0 Å². The van der Waals surface area contributed by atoms with Gasteiger partial charge in [-0.2, -0.15) is 0 Å². The summed E-state index contributed by atoms with van der Waals surface area (Å²) in [4.78, 5) is 34.1. The quantitative estimate of drug-likeness (QED) is 0.570. The summed E-state index contributed by atoms with van der Waals surface area (Å²) in [6, 6.07) is 9.02. The third-order valence-corrected chi connectivity index (χ3v) is 5.56. The highest BCUT2D eigenvalue weighted by molar-refractivity contribution is 7.14. The predicted octanol–water partition coefficient (Wildman–Crippen LogP) is 3.82. The first-order valence-electron chi connectivity index (χ1n) is 8.05. The number of benzene rings is 1. The molecule has 1 unspecified atom stereocenters. The number of hydrogen-bond acceptors (Lipinski definition) is 5. The van der Waals surface area contributed by atoms with Crippen LogP contribution in [-0.2, 0) is 0 Å². The van der Waals surface area contributed by atoms with Crippen molar-refractivity contribution in [2.24, 2.45) is 0 Å². The van der Waals surface area contributed by atoms with E-state index in [1.54, 1.807) is 11.8 Å². The second-order valence-corrected chi connectivity index (χ2v) is 7.36. The van der Waals surface area contributed by atoms with Crippen molar-refractivity contribution in [3.05, 3.63) is 56.0 Å². The Hall–Kier alpha value is -2.74. The number of aromatic amines is 1. The summed E-state index contributed by atoms with van der Waals surface area (Å²) in [5, 5.41) is 11.0. The lowest BCUT2D eigenvalue weighted by molar-refractivity contribution is -0.385. The van der Waals surface area contributed by atoms with Crippen molar-refractivity contribution in [3.63, 3.8) is 0 Å². The van der Waals surface area contributed by atoms with Crippen molar-refractivity contribution in [1.82, 2.24) is 14.9 Å². The molecule has 0 radical (unpaired) electrons. The molecule has 8 heteroatoms. The number of carbonyl (C=O) groups excluding carboxylic acids is 1. The molecular formula is C17H16N4O3S. The first-order valence-corrected chi connectivity index (χ1v) is 8.86. The van der Waals surface area contributed by atoms with E-state index in [4.69, 9.17) is 0 Å². The minimum atomic E-state index is -0.441. The Balaban J connectivity index is 1.65. The van der Waals surface area contributed by atoms with Gasteiger partial charge in [0.05, 0.1) is 31.8 Å².